The molecule has 0 radical (unpaired) electrons. The third kappa shape index (κ3) is 3.68. The van der Waals surface area contributed by atoms with Crippen LogP contribution >= 0.6 is 0 Å². The summed E-state index contributed by atoms with van der Waals surface area (Å²) < 4.78 is 0. The minimum atomic E-state index is -1.07. The third-order valence-corrected chi connectivity index (χ3v) is 4.59. The lowest BCUT2D eigenvalue weighted by Gasteiger charge is -2.24. The molecule has 5 heteroatoms. The Balaban J connectivity index is 2.19. The fraction of sp³-hybridized carbons (Fsp3) is 0.182. The van der Waals surface area contributed by atoms with Gasteiger partial charge in [-0.25, -0.2) is 4.79 Å². The Bertz CT molecular complexity index is 997. The minimum absolute atomic E-state index is 0.0200. The molecule has 0 atom stereocenters. The van der Waals surface area contributed by atoms with Crippen molar-refractivity contribution in [1.29, 1.82) is 0 Å². The molecule has 0 amide bonds. The summed E-state index contributed by atoms with van der Waals surface area (Å²) in [6.07, 6.45) is 0. The summed E-state index contributed by atoms with van der Waals surface area (Å²) in [5.41, 5.74) is 1.65. The quantitative estimate of drug-likeness (QED) is 0.627. The average Bonchev–Trinajstić information content (AvgIpc) is 2.70. The molecule has 0 spiro atoms. The van der Waals surface area contributed by atoms with Crippen LogP contribution in [0, 0.1) is 0 Å². The number of likely N-dealkylation sites (N-methyl/N-ethyl adjacent to an activating group) is 1. The van der Waals surface area contributed by atoms with Crippen molar-refractivity contribution in [2.24, 2.45) is 0 Å². The van der Waals surface area contributed by atoms with E-state index in [-0.39, 0.29) is 18.0 Å². The fourth-order valence-corrected chi connectivity index (χ4v) is 3.28. The molecule has 27 heavy (non-hydrogen) atoms. The first-order valence-corrected chi connectivity index (χ1v) is 8.82. The van der Waals surface area contributed by atoms with Crippen LogP contribution in [0.25, 0.3) is 10.8 Å². The van der Waals surface area contributed by atoms with E-state index in [0.717, 1.165) is 5.69 Å². The summed E-state index contributed by atoms with van der Waals surface area (Å²) in [5.74, 6) is -1.31. The number of benzene rings is 3. The van der Waals surface area contributed by atoms with Crippen molar-refractivity contribution in [2.45, 2.75) is 6.92 Å². The molecule has 0 aliphatic carbocycles. The second kappa shape index (κ2) is 8.01. The van der Waals surface area contributed by atoms with Gasteiger partial charge in [0.25, 0.3) is 0 Å². The Hall–Kier alpha value is -3.18. The van der Waals surface area contributed by atoms with Gasteiger partial charge in [-0.05, 0) is 42.0 Å². The highest BCUT2D eigenvalue weighted by Crippen LogP contribution is 2.28. The number of rotatable bonds is 7. The molecule has 0 aliphatic rings. The van der Waals surface area contributed by atoms with Crippen molar-refractivity contribution in [3.63, 3.8) is 0 Å². The molecule has 0 fully saturated rings. The molecule has 3 rings (SSSR count). The van der Waals surface area contributed by atoms with Crippen LogP contribution in [0.1, 0.15) is 33.2 Å². The first kappa shape index (κ1) is 18.6. The maximum atomic E-state index is 13.4. The lowest BCUT2D eigenvalue weighted by atomic mass is 9.94. The molecule has 0 heterocycles. The van der Waals surface area contributed by atoms with Crippen molar-refractivity contribution in [2.75, 3.05) is 24.6 Å². The van der Waals surface area contributed by atoms with Gasteiger partial charge in [0.05, 0.1) is 12.2 Å². The summed E-state index contributed by atoms with van der Waals surface area (Å²) in [6.45, 7) is 2.99. The number of anilines is 1. The number of carboxylic acid groups (broad SMARTS) is 1. The number of carboxylic acids is 1. The standard InChI is InChI=1S/C22H21NO4/c1-2-23(11-12-24)20-10-6-5-9-18(20)21(25)19-14-16(22(26)27)13-15-7-3-4-8-17(15)19/h3-10,13-14,24H,2,11-12H2,1H3,(H,26,27). The van der Waals surface area contributed by atoms with E-state index in [1.165, 1.54) is 6.07 Å². The summed E-state index contributed by atoms with van der Waals surface area (Å²) >= 11 is 0. The molecule has 0 aliphatic heterocycles. The average molecular weight is 363 g/mol. The highest BCUT2D eigenvalue weighted by Gasteiger charge is 2.20. The van der Waals surface area contributed by atoms with Gasteiger partial charge in [0.15, 0.2) is 5.78 Å². The van der Waals surface area contributed by atoms with Crippen molar-refractivity contribution in [3.8, 4) is 0 Å². The van der Waals surface area contributed by atoms with Crippen LogP contribution in [0.5, 0.6) is 0 Å². The second-order valence-electron chi connectivity index (χ2n) is 6.20. The van der Waals surface area contributed by atoms with Gasteiger partial charge in [0, 0.05) is 29.9 Å². The summed E-state index contributed by atoms with van der Waals surface area (Å²) in [4.78, 5) is 26.8. The first-order chi connectivity index (χ1) is 13.1. The smallest absolute Gasteiger partial charge is 0.335 e. The summed E-state index contributed by atoms with van der Waals surface area (Å²) in [5, 5.41) is 20.2. The van der Waals surface area contributed by atoms with Crippen LogP contribution in [-0.4, -0.2) is 41.7 Å². The molecule has 2 N–H and O–H groups in total. The zero-order chi connectivity index (χ0) is 19.4. The van der Waals surface area contributed by atoms with Crippen molar-refractivity contribution in [1.82, 2.24) is 0 Å². The monoisotopic (exact) mass is 363 g/mol. The predicted octanol–water partition coefficient (Wildman–Crippen LogP) is 3.59. The highest BCUT2D eigenvalue weighted by molar-refractivity contribution is 6.19. The molecular formula is C22H21NO4. The van der Waals surface area contributed by atoms with Crippen LogP contribution < -0.4 is 4.90 Å². The molecular weight excluding hydrogens is 342 g/mol. The lowest BCUT2D eigenvalue weighted by Crippen LogP contribution is -2.28. The Labute approximate surface area is 157 Å². The lowest BCUT2D eigenvalue weighted by molar-refractivity contribution is 0.0697. The third-order valence-electron chi connectivity index (χ3n) is 4.59. The SMILES string of the molecule is CCN(CCO)c1ccccc1C(=O)c1cc(C(=O)O)cc2ccccc12. The van der Waals surface area contributed by atoms with Crippen LogP contribution in [-0.2, 0) is 0 Å². The number of ketones is 1. The van der Waals surface area contributed by atoms with Crippen LogP contribution in [0.3, 0.4) is 0 Å². The van der Waals surface area contributed by atoms with Gasteiger partial charge in [0.2, 0.25) is 0 Å². The number of fused-ring (bicyclic) bond motifs is 1. The van der Waals surface area contributed by atoms with Crippen LogP contribution in [0.15, 0.2) is 60.7 Å². The maximum absolute atomic E-state index is 13.4. The van der Waals surface area contributed by atoms with E-state index in [0.29, 0.717) is 35.0 Å². The zero-order valence-corrected chi connectivity index (χ0v) is 15.1. The normalized spacial score (nSPS) is 10.7. The van der Waals surface area contributed by atoms with Gasteiger partial charge >= 0.3 is 5.97 Å². The van der Waals surface area contributed by atoms with E-state index in [1.54, 1.807) is 24.3 Å². The minimum Gasteiger partial charge on any atom is -0.478 e. The number of hydrogen-bond acceptors (Lipinski definition) is 4. The molecule has 3 aromatic rings. The predicted molar refractivity (Wildman–Crippen MR) is 106 cm³/mol. The number of para-hydroxylation sites is 1. The zero-order valence-electron chi connectivity index (χ0n) is 15.1. The number of nitrogens with zero attached hydrogens (tertiary/aromatic N) is 1. The maximum Gasteiger partial charge on any atom is 0.335 e. The summed E-state index contributed by atoms with van der Waals surface area (Å²) in [7, 11) is 0. The Morgan fingerprint density at radius 2 is 1.67 bits per heavy atom. The van der Waals surface area contributed by atoms with Crippen molar-refractivity contribution in [3.05, 3.63) is 77.4 Å². The second-order valence-corrected chi connectivity index (χ2v) is 6.20. The number of carbonyl (C=O) groups excluding carboxylic acids is 1. The van der Waals surface area contributed by atoms with E-state index < -0.39 is 5.97 Å². The van der Waals surface area contributed by atoms with Gasteiger partial charge in [-0.1, -0.05) is 36.4 Å². The van der Waals surface area contributed by atoms with E-state index in [4.69, 9.17) is 0 Å². The summed E-state index contributed by atoms with van der Waals surface area (Å²) in [6, 6.07) is 17.5. The highest BCUT2D eigenvalue weighted by atomic mass is 16.4. The Morgan fingerprint density at radius 3 is 2.37 bits per heavy atom. The largest absolute Gasteiger partial charge is 0.478 e. The van der Waals surface area contributed by atoms with Crippen molar-refractivity contribution < 1.29 is 19.8 Å². The van der Waals surface area contributed by atoms with Crippen LogP contribution in [0.4, 0.5) is 5.69 Å². The van der Waals surface area contributed by atoms with E-state index in [2.05, 4.69) is 0 Å². The molecule has 0 saturated heterocycles. The number of hydrogen-bond donors (Lipinski definition) is 2. The van der Waals surface area contributed by atoms with Gasteiger partial charge in [0.1, 0.15) is 0 Å². The van der Waals surface area contributed by atoms with Crippen LogP contribution in [0.2, 0.25) is 0 Å². The van der Waals surface area contributed by atoms with Gasteiger partial charge in [-0.3, -0.25) is 4.79 Å². The van der Waals surface area contributed by atoms with Gasteiger partial charge in [-0.2, -0.15) is 0 Å². The molecule has 5 nitrogen and oxygen atoms in total. The van der Waals surface area contributed by atoms with E-state index in [9.17, 15) is 19.8 Å². The number of aromatic carboxylic acids is 1. The fourth-order valence-electron chi connectivity index (χ4n) is 3.28. The number of aliphatic hydroxyl groups is 1. The number of aliphatic hydroxyl groups excluding tert-OH is 1. The molecule has 138 valence electrons. The van der Waals surface area contributed by atoms with E-state index in [1.807, 2.05) is 42.2 Å². The van der Waals surface area contributed by atoms with E-state index >= 15 is 0 Å². The van der Waals surface area contributed by atoms with Crippen molar-refractivity contribution >= 4 is 28.2 Å². The Morgan fingerprint density at radius 1 is 0.963 bits per heavy atom. The first-order valence-electron chi connectivity index (χ1n) is 8.82. The van der Waals surface area contributed by atoms with Gasteiger partial charge < -0.3 is 15.1 Å². The molecule has 0 bridgehead atoms. The Kier molecular flexibility index (Phi) is 5.52. The molecule has 0 unspecified atom stereocenters. The van der Waals surface area contributed by atoms with Gasteiger partial charge in [-0.15, -0.1) is 0 Å². The molecule has 3 aromatic carbocycles. The topological polar surface area (TPSA) is 77.8 Å². The molecule has 0 aromatic heterocycles. The molecule has 0 saturated carbocycles. The number of carbonyl (C=O) groups is 2.